The molecule has 0 spiro atoms. The smallest absolute Gasteiger partial charge is 0.364 e. The number of phenolic OH excluding ortho intramolecular Hbond substituents is 2. The molecule has 3 fully saturated rings. The van der Waals surface area contributed by atoms with Crippen LogP contribution in [0.1, 0.15) is 68.6 Å². The number of amides is 2. The number of benzene rings is 1. The van der Waals surface area contributed by atoms with Gasteiger partial charge in [-0.25, -0.2) is 4.79 Å². The quantitative estimate of drug-likeness (QED) is 0.0280. The topological polar surface area (TPSA) is 400 Å². The molecule has 0 aliphatic carbocycles. The number of esters is 1. The van der Waals surface area contributed by atoms with Gasteiger partial charge in [-0.3, -0.25) is 14.4 Å². The predicted molar refractivity (Wildman–Crippen MR) is 213 cm³/mol. The van der Waals surface area contributed by atoms with Crippen LogP contribution in [0.4, 0.5) is 0 Å². The van der Waals surface area contributed by atoms with Gasteiger partial charge in [0.2, 0.25) is 5.91 Å². The summed E-state index contributed by atoms with van der Waals surface area (Å²) in [5, 5.41) is 132. The van der Waals surface area contributed by atoms with Gasteiger partial charge in [0.1, 0.15) is 67.1 Å². The molecule has 1 aromatic rings. The number of ether oxygens (including phenoxy) is 7. The maximum absolute atomic E-state index is 13.6. The fourth-order valence-corrected chi connectivity index (χ4v) is 7.73. The van der Waals surface area contributed by atoms with Gasteiger partial charge in [0.15, 0.2) is 24.1 Å². The zero-order chi connectivity index (χ0) is 48.2. The molecule has 370 valence electrons. The zero-order valence-electron chi connectivity index (χ0n) is 35.7. The lowest BCUT2D eigenvalue weighted by Gasteiger charge is -2.51. The number of hydrogen-bond acceptors (Lipinski definition) is 22. The van der Waals surface area contributed by atoms with E-state index in [9.17, 15) is 80.5 Å². The summed E-state index contributed by atoms with van der Waals surface area (Å²) in [7, 11) is 1.31. The van der Waals surface area contributed by atoms with Crippen LogP contribution in [0.3, 0.4) is 0 Å². The van der Waals surface area contributed by atoms with Gasteiger partial charge in [-0.1, -0.05) is 25.7 Å². The Hall–Kier alpha value is -3.90. The highest BCUT2D eigenvalue weighted by Gasteiger charge is 2.60. The van der Waals surface area contributed by atoms with Crippen LogP contribution in [0.15, 0.2) is 18.2 Å². The molecule has 0 saturated carbocycles. The Balaban J connectivity index is 1.63. The number of carbonyl (C=O) groups is 4. The standard InChI is InChI=1S/C40H62N2O23/c1-18(46)41-27-22(49)14-40(39(57)58,64-34(27)29(52)23(50)15-43)65-35-31(54)25(17-45)62-38(32(35)55)63-33-28(42-36(56)19-10-11-20(47)21(48)13-19)37(61-24(16-44)30(33)53)60-12-8-6-4-3-5-7-9-26(51)59-2/h10-11,13,22-25,27-35,37-38,43-45,47-50,52-55H,3-9,12,14-17H2,1-2H3,(H,41,46)(H,42,56)(H,57,58)/t22?,23?,24?,25?,27-,28?,29?,30+,31-,32?,33?,34?,35?,37-,38?,40+/m1/s1. The van der Waals surface area contributed by atoms with Crippen molar-refractivity contribution in [3.8, 4) is 11.5 Å². The fraction of sp³-hybridized carbons (Fsp3) is 0.750. The van der Waals surface area contributed by atoms with Crippen LogP contribution in [-0.2, 0) is 47.5 Å². The average molecular weight is 939 g/mol. The van der Waals surface area contributed by atoms with Crippen LogP contribution in [0.5, 0.6) is 11.5 Å². The number of aliphatic carboxylic acids is 1. The third-order valence-corrected chi connectivity index (χ3v) is 11.3. The molecule has 3 saturated heterocycles. The first-order valence-corrected chi connectivity index (χ1v) is 21.1. The van der Waals surface area contributed by atoms with E-state index in [1.54, 1.807) is 0 Å². The normalized spacial score (nSPS) is 33.7. The van der Waals surface area contributed by atoms with E-state index in [1.807, 2.05) is 0 Å². The third-order valence-electron chi connectivity index (χ3n) is 11.3. The highest BCUT2D eigenvalue weighted by atomic mass is 16.8. The molecule has 3 aliphatic rings. The van der Waals surface area contributed by atoms with E-state index < -0.39 is 153 Å². The second kappa shape index (κ2) is 24.7. The summed E-state index contributed by atoms with van der Waals surface area (Å²) >= 11 is 0. The molecule has 4 rings (SSSR count). The number of carboxylic acid groups (broad SMARTS) is 1. The number of methoxy groups -OCH3 is 1. The number of rotatable bonds is 23. The predicted octanol–water partition coefficient (Wildman–Crippen LogP) is -4.45. The molecule has 2 amide bonds. The van der Waals surface area contributed by atoms with Crippen LogP contribution in [-0.4, -0.2) is 216 Å². The Bertz CT molecular complexity index is 1710. The fourth-order valence-electron chi connectivity index (χ4n) is 7.73. The Labute approximate surface area is 372 Å². The third kappa shape index (κ3) is 13.6. The van der Waals surface area contributed by atoms with E-state index >= 15 is 0 Å². The minimum absolute atomic E-state index is 0.00561. The molecule has 3 aliphatic heterocycles. The number of aliphatic hydroxyl groups is 9. The van der Waals surface area contributed by atoms with Gasteiger partial charge < -0.3 is 105 Å². The maximum Gasteiger partial charge on any atom is 0.364 e. The van der Waals surface area contributed by atoms with Crippen molar-refractivity contribution >= 4 is 23.8 Å². The van der Waals surface area contributed by atoms with Crippen LogP contribution < -0.4 is 10.6 Å². The maximum atomic E-state index is 13.6. The summed E-state index contributed by atoms with van der Waals surface area (Å²) < 4.78 is 39.6. The van der Waals surface area contributed by atoms with Crippen molar-refractivity contribution in [2.24, 2.45) is 0 Å². The average Bonchev–Trinajstić information content (AvgIpc) is 3.27. The van der Waals surface area contributed by atoms with Gasteiger partial charge in [-0.15, -0.1) is 0 Å². The molecule has 65 heavy (non-hydrogen) atoms. The molecule has 14 N–H and O–H groups in total. The minimum atomic E-state index is -3.11. The van der Waals surface area contributed by atoms with Crippen molar-refractivity contribution in [3.63, 3.8) is 0 Å². The van der Waals surface area contributed by atoms with Crippen molar-refractivity contribution in [1.82, 2.24) is 10.6 Å². The van der Waals surface area contributed by atoms with Gasteiger partial charge >= 0.3 is 11.9 Å². The van der Waals surface area contributed by atoms with Crippen LogP contribution in [0, 0.1) is 0 Å². The van der Waals surface area contributed by atoms with Crippen LogP contribution >= 0.6 is 0 Å². The summed E-state index contributed by atoms with van der Waals surface area (Å²) in [6, 6.07) is -0.0691. The Morgan fingerprint density at radius 1 is 0.815 bits per heavy atom. The Kier molecular flexibility index (Phi) is 20.4. The summed E-state index contributed by atoms with van der Waals surface area (Å²) in [6.07, 6.45) is -22.0. The second-order valence-electron chi connectivity index (χ2n) is 16.0. The van der Waals surface area contributed by atoms with Crippen molar-refractivity contribution in [1.29, 1.82) is 0 Å². The number of hydrogen-bond donors (Lipinski definition) is 14. The molecule has 3 heterocycles. The molecule has 1 aromatic carbocycles. The molecular formula is C40H62N2O23. The lowest BCUT2D eigenvalue weighted by molar-refractivity contribution is -0.381. The molecule has 16 atom stereocenters. The van der Waals surface area contributed by atoms with Crippen molar-refractivity contribution < 1.29 is 114 Å². The summed E-state index contributed by atoms with van der Waals surface area (Å²) in [6.45, 7) is -1.95. The second-order valence-corrected chi connectivity index (χ2v) is 16.0. The van der Waals surface area contributed by atoms with Gasteiger partial charge in [-0.05, 0) is 31.0 Å². The van der Waals surface area contributed by atoms with Crippen molar-refractivity contribution in [3.05, 3.63) is 23.8 Å². The van der Waals surface area contributed by atoms with E-state index in [1.165, 1.54) is 7.11 Å². The monoisotopic (exact) mass is 938 g/mol. The number of phenols is 2. The number of nitrogens with one attached hydrogen (secondary N) is 2. The first-order valence-electron chi connectivity index (χ1n) is 21.1. The number of carboxylic acids is 1. The van der Waals surface area contributed by atoms with E-state index in [4.69, 9.17) is 28.4 Å². The van der Waals surface area contributed by atoms with E-state index in [0.717, 1.165) is 44.4 Å². The van der Waals surface area contributed by atoms with Gasteiger partial charge in [0.05, 0.1) is 39.1 Å². The molecular weight excluding hydrogens is 876 g/mol. The first-order chi connectivity index (χ1) is 30.8. The molecule has 11 unspecified atom stereocenters. The SMILES string of the molecule is COC(=O)CCCCCCCCO[C@@H]1OC(CO)[C@H](O)C(OC2OC(CO)[C@@H](O)C(O[C@]3(C(=O)O)CC(O)[C@@H](NC(C)=O)C(C(O)C(O)CO)O3)C2O)C1NC(=O)c1ccc(O)c(O)c1. The molecule has 0 radical (unpaired) electrons. The first kappa shape index (κ1) is 53.7. The van der Waals surface area contributed by atoms with Gasteiger partial charge in [0.25, 0.3) is 11.7 Å². The summed E-state index contributed by atoms with van der Waals surface area (Å²) in [5.74, 6) is -8.35. The highest BCUT2D eigenvalue weighted by Crippen LogP contribution is 2.38. The lowest BCUT2D eigenvalue weighted by Crippen LogP contribution is -2.71. The molecule has 25 nitrogen and oxygen atoms in total. The molecule has 25 heteroatoms. The van der Waals surface area contributed by atoms with Gasteiger partial charge in [0, 0.05) is 31.9 Å². The number of aromatic hydroxyl groups is 2. The number of aliphatic hydroxyl groups excluding tert-OH is 9. The van der Waals surface area contributed by atoms with Crippen LogP contribution in [0.25, 0.3) is 0 Å². The summed E-state index contributed by atoms with van der Waals surface area (Å²) in [5.41, 5.74) is -0.209. The Morgan fingerprint density at radius 3 is 2.02 bits per heavy atom. The molecule has 0 bridgehead atoms. The van der Waals surface area contributed by atoms with E-state index in [2.05, 4.69) is 15.4 Å². The largest absolute Gasteiger partial charge is 0.504 e. The number of unbranched alkanes of at least 4 members (excludes halogenated alkanes) is 5. The van der Waals surface area contributed by atoms with Crippen molar-refractivity contribution in [2.45, 2.75) is 156 Å². The molecule has 0 aromatic heterocycles. The lowest BCUT2D eigenvalue weighted by atomic mass is 9.88. The van der Waals surface area contributed by atoms with E-state index in [-0.39, 0.29) is 18.1 Å². The van der Waals surface area contributed by atoms with E-state index in [0.29, 0.717) is 25.7 Å². The highest BCUT2D eigenvalue weighted by molar-refractivity contribution is 5.95. The Morgan fingerprint density at radius 2 is 1.43 bits per heavy atom. The minimum Gasteiger partial charge on any atom is -0.504 e. The van der Waals surface area contributed by atoms with Crippen molar-refractivity contribution in [2.75, 3.05) is 33.5 Å². The van der Waals surface area contributed by atoms with Gasteiger partial charge in [-0.2, -0.15) is 0 Å². The zero-order valence-corrected chi connectivity index (χ0v) is 35.7. The number of carbonyl (C=O) groups excluding carboxylic acids is 3. The van der Waals surface area contributed by atoms with Crippen LogP contribution in [0.2, 0.25) is 0 Å². The summed E-state index contributed by atoms with van der Waals surface area (Å²) in [4.78, 5) is 50.0.